The summed E-state index contributed by atoms with van der Waals surface area (Å²) in [5.74, 6) is 0.537. The molecule has 7 rings (SSSR count). The number of amidine groups is 1. The third kappa shape index (κ3) is 8.91. The Morgan fingerprint density at radius 1 is 0.707 bits per heavy atom. The molecule has 58 heavy (non-hydrogen) atoms. The highest BCUT2D eigenvalue weighted by atomic mass is 15.0. The van der Waals surface area contributed by atoms with Crippen molar-refractivity contribution in [2.45, 2.75) is 39.8 Å². The Bertz CT molecular complexity index is 2660. The van der Waals surface area contributed by atoms with Crippen molar-refractivity contribution in [2.24, 2.45) is 15.7 Å². The van der Waals surface area contributed by atoms with Gasteiger partial charge in [0.2, 0.25) is 0 Å². The van der Waals surface area contributed by atoms with E-state index < -0.39 is 0 Å². The quantitative estimate of drug-likeness (QED) is 0.0621. The molecule has 3 N–H and O–H groups in total. The maximum Gasteiger partial charge on any atom is 0.125 e. The second-order valence-corrected chi connectivity index (χ2v) is 14.2. The van der Waals surface area contributed by atoms with Gasteiger partial charge in [-0.05, 0) is 102 Å². The molecule has 6 aromatic carbocycles. The van der Waals surface area contributed by atoms with Crippen LogP contribution in [0.5, 0.6) is 0 Å². The molecule has 1 aromatic heterocycles. The molecule has 1 unspecified atom stereocenters. The molecular formula is C53H51N5. The maximum absolute atomic E-state index is 6.47. The number of nitrogens with two attached hydrogens (primary N) is 1. The zero-order chi connectivity index (χ0) is 40.3. The molecule has 1 atom stereocenters. The lowest BCUT2D eigenvalue weighted by molar-refractivity contribution is 0.543. The van der Waals surface area contributed by atoms with E-state index in [0.29, 0.717) is 18.9 Å². The number of nitrogens with one attached hydrogen (secondary N) is 1. The van der Waals surface area contributed by atoms with Crippen molar-refractivity contribution < 1.29 is 0 Å². The molecule has 0 aliphatic heterocycles. The van der Waals surface area contributed by atoms with E-state index in [9.17, 15) is 0 Å². The Morgan fingerprint density at radius 3 is 2.03 bits per heavy atom. The van der Waals surface area contributed by atoms with Crippen molar-refractivity contribution in [1.82, 2.24) is 9.88 Å². The summed E-state index contributed by atoms with van der Waals surface area (Å²) in [6, 6.07) is 51.5. The number of hydrogen-bond donors (Lipinski definition) is 2. The normalized spacial score (nSPS) is 13.3. The molecule has 0 radical (unpaired) electrons. The molecular weight excluding hydrogens is 707 g/mol. The number of allylic oxidation sites excluding steroid dienone is 6. The topological polar surface area (TPSA) is 67.7 Å². The van der Waals surface area contributed by atoms with Crippen LogP contribution in [0.15, 0.2) is 193 Å². The summed E-state index contributed by atoms with van der Waals surface area (Å²) in [6.45, 7) is 11.3. The summed E-state index contributed by atoms with van der Waals surface area (Å²) < 4.78 is 2.37. The summed E-state index contributed by atoms with van der Waals surface area (Å²) in [4.78, 5) is 9.53. The Kier molecular flexibility index (Phi) is 12.8. The molecule has 0 saturated heterocycles. The standard InChI is InChI=1S/C53H51N5/c1-5-9-25-46(7-3)58-51-28-26-42(34-47(51)48-35-43(27-29-52(48)58)49(8-4)55-30-6-2)45-32-38(31-44(33-45)39-19-13-10-14-20-39)36-56-50(40-21-15-11-16-22-40)37-57-53(54)41-23-17-12-18-24-41/h6-35,50,56H,2,5,36-37H2,1,3-4H3,(H2,54,57)/b25-9-,46-7+,49-8-,55-30?. The monoisotopic (exact) mass is 757 g/mol. The molecule has 0 bridgehead atoms. The van der Waals surface area contributed by atoms with Crippen LogP contribution >= 0.6 is 0 Å². The largest absolute Gasteiger partial charge is 0.384 e. The van der Waals surface area contributed by atoms with Gasteiger partial charge in [-0.2, -0.15) is 0 Å². The van der Waals surface area contributed by atoms with Gasteiger partial charge in [-0.1, -0.05) is 141 Å². The summed E-state index contributed by atoms with van der Waals surface area (Å²) in [7, 11) is 0. The third-order valence-corrected chi connectivity index (χ3v) is 10.4. The Labute approximate surface area is 343 Å². The van der Waals surface area contributed by atoms with Crippen LogP contribution in [0.2, 0.25) is 0 Å². The minimum absolute atomic E-state index is 0.0376. The average Bonchev–Trinajstić information content (AvgIpc) is 3.60. The van der Waals surface area contributed by atoms with E-state index in [1.54, 1.807) is 12.3 Å². The van der Waals surface area contributed by atoms with Gasteiger partial charge in [0, 0.05) is 40.4 Å². The van der Waals surface area contributed by atoms with Gasteiger partial charge in [-0.25, -0.2) is 0 Å². The number of fused-ring (bicyclic) bond motifs is 3. The van der Waals surface area contributed by atoms with Crippen LogP contribution in [0.4, 0.5) is 0 Å². The maximum atomic E-state index is 6.47. The van der Waals surface area contributed by atoms with Crippen LogP contribution in [-0.4, -0.2) is 23.2 Å². The summed E-state index contributed by atoms with van der Waals surface area (Å²) in [5.41, 5.74) is 19.8. The van der Waals surface area contributed by atoms with Gasteiger partial charge in [0.1, 0.15) is 5.84 Å². The fourth-order valence-corrected chi connectivity index (χ4v) is 7.49. The summed E-state index contributed by atoms with van der Waals surface area (Å²) in [6.07, 6.45) is 13.1. The molecule has 7 aromatic rings. The van der Waals surface area contributed by atoms with E-state index in [4.69, 9.17) is 10.7 Å². The van der Waals surface area contributed by atoms with Crippen molar-refractivity contribution >= 4 is 45.3 Å². The lowest BCUT2D eigenvalue weighted by Crippen LogP contribution is -2.25. The van der Waals surface area contributed by atoms with Crippen LogP contribution in [0, 0.1) is 0 Å². The van der Waals surface area contributed by atoms with Crippen LogP contribution in [0.3, 0.4) is 0 Å². The highest BCUT2D eigenvalue weighted by Crippen LogP contribution is 2.38. The smallest absolute Gasteiger partial charge is 0.125 e. The van der Waals surface area contributed by atoms with Gasteiger partial charge >= 0.3 is 0 Å². The SMILES string of the molecule is C=CC=N/C(=C\C)c1ccc2c(c1)c1cc(-c3cc(CNC(CN=C(N)c4ccccc4)c4ccccc4)cc(-c4ccccc4)c3)ccc1n2C(/C=C\CC)=C/C. The molecule has 0 amide bonds. The Morgan fingerprint density at radius 2 is 1.36 bits per heavy atom. The lowest BCUT2D eigenvalue weighted by Gasteiger charge is -2.19. The summed E-state index contributed by atoms with van der Waals surface area (Å²) >= 11 is 0. The number of hydrogen-bond acceptors (Lipinski definition) is 3. The van der Waals surface area contributed by atoms with E-state index in [1.807, 2.05) is 49.4 Å². The van der Waals surface area contributed by atoms with Crippen molar-refractivity contribution in [3.05, 3.63) is 205 Å². The van der Waals surface area contributed by atoms with E-state index >= 15 is 0 Å². The van der Waals surface area contributed by atoms with Crippen molar-refractivity contribution in [3.63, 3.8) is 0 Å². The molecule has 0 saturated carbocycles. The van der Waals surface area contributed by atoms with Crippen LogP contribution in [0.1, 0.15) is 55.5 Å². The Hall–Kier alpha value is -6.82. The van der Waals surface area contributed by atoms with Gasteiger partial charge in [0.05, 0.1) is 29.3 Å². The molecule has 0 aliphatic rings. The second kappa shape index (κ2) is 18.9. The first kappa shape index (κ1) is 39.4. The summed E-state index contributed by atoms with van der Waals surface area (Å²) in [5, 5.41) is 6.20. The predicted molar refractivity (Wildman–Crippen MR) is 250 cm³/mol. The van der Waals surface area contributed by atoms with Crippen LogP contribution in [0.25, 0.3) is 55.5 Å². The molecule has 5 heteroatoms. The zero-order valence-corrected chi connectivity index (χ0v) is 33.6. The number of aliphatic imine (C=N–C) groups is 2. The van der Waals surface area contributed by atoms with E-state index in [-0.39, 0.29) is 6.04 Å². The number of nitrogens with zero attached hydrogens (tertiary/aromatic N) is 3. The number of benzene rings is 6. The predicted octanol–water partition coefficient (Wildman–Crippen LogP) is 12.8. The van der Waals surface area contributed by atoms with Gasteiger partial charge in [0.15, 0.2) is 0 Å². The van der Waals surface area contributed by atoms with Crippen LogP contribution < -0.4 is 11.1 Å². The molecule has 0 fully saturated rings. The minimum atomic E-state index is -0.0376. The van der Waals surface area contributed by atoms with Gasteiger partial charge in [0.25, 0.3) is 0 Å². The van der Waals surface area contributed by atoms with E-state index in [1.165, 1.54) is 33.0 Å². The lowest BCUT2D eigenvalue weighted by atomic mass is 9.95. The highest BCUT2D eigenvalue weighted by Gasteiger charge is 2.17. The van der Waals surface area contributed by atoms with Crippen LogP contribution in [-0.2, 0) is 6.54 Å². The first-order chi connectivity index (χ1) is 28.5. The van der Waals surface area contributed by atoms with Gasteiger partial charge < -0.3 is 15.6 Å². The Balaban J connectivity index is 1.33. The van der Waals surface area contributed by atoms with E-state index in [0.717, 1.165) is 51.1 Å². The van der Waals surface area contributed by atoms with Crippen molar-refractivity contribution in [2.75, 3.05) is 6.54 Å². The number of rotatable bonds is 15. The molecule has 0 aliphatic carbocycles. The highest BCUT2D eigenvalue weighted by molar-refractivity contribution is 6.12. The molecule has 288 valence electrons. The number of aromatic nitrogens is 1. The van der Waals surface area contributed by atoms with E-state index in [2.05, 4.69) is 163 Å². The van der Waals surface area contributed by atoms with Gasteiger partial charge in [-0.3, -0.25) is 9.98 Å². The first-order valence-corrected chi connectivity index (χ1v) is 20.1. The molecule has 1 heterocycles. The molecule has 0 spiro atoms. The zero-order valence-electron chi connectivity index (χ0n) is 33.6. The fraction of sp³-hybridized carbons (Fsp3) is 0.132. The van der Waals surface area contributed by atoms with Crippen molar-refractivity contribution in [3.8, 4) is 22.3 Å². The molecule has 5 nitrogen and oxygen atoms in total. The second-order valence-electron chi connectivity index (χ2n) is 14.2. The minimum Gasteiger partial charge on any atom is -0.384 e. The van der Waals surface area contributed by atoms with Crippen molar-refractivity contribution in [1.29, 1.82) is 0 Å². The van der Waals surface area contributed by atoms with Gasteiger partial charge in [-0.15, -0.1) is 0 Å². The first-order valence-electron chi connectivity index (χ1n) is 20.1. The third-order valence-electron chi connectivity index (χ3n) is 10.4. The fourth-order valence-electron chi connectivity index (χ4n) is 7.49. The average molecular weight is 758 g/mol.